The summed E-state index contributed by atoms with van der Waals surface area (Å²) in [5.41, 5.74) is 13.1. The van der Waals surface area contributed by atoms with Crippen molar-refractivity contribution in [2.75, 3.05) is 7.05 Å². The molecule has 0 fully saturated rings. The van der Waals surface area contributed by atoms with Gasteiger partial charge in [-0.2, -0.15) is 0 Å². The molecule has 3 heteroatoms. The molecular formula is C28H28N2O. The average Bonchev–Trinajstić information content (AvgIpc) is 3.55. The number of aliphatic imine (C=N–C) groups is 1. The van der Waals surface area contributed by atoms with Crippen molar-refractivity contribution < 1.29 is 4.79 Å². The van der Waals surface area contributed by atoms with Crippen molar-refractivity contribution in [2.24, 2.45) is 4.99 Å². The van der Waals surface area contributed by atoms with E-state index in [0.29, 0.717) is 13.1 Å². The monoisotopic (exact) mass is 408 g/mol. The van der Waals surface area contributed by atoms with E-state index in [1.807, 2.05) is 17.9 Å². The smallest absolute Gasteiger partial charge is 0.255 e. The van der Waals surface area contributed by atoms with Crippen LogP contribution in [0.2, 0.25) is 0 Å². The Morgan fingerprint density at radius 1 is 1.13 bits per heavy atom. The van der Waals surface area contributed by atoms with Crippen LogP contribution in [-0.2, 0) is 19.5 Å². The minimum atomic E-state index is 0.0564. The van der Waals surface area contributed by atoms with Crippen molar-refractivity contribution in [1.82, 2.24) is 4.90 Å². The first-order chi connectivity index (χ1) is 15.0. The van der Waals surface area contributed by atoms with Gasteiger partial charge in [0.1, 0.15) is 0 Å². The van der Waals surface area contributed by atoms with E-state index in [0.717, 1.165) is 52.0 Å². The molecule has 3 nitrogen and oxygen atoms in total. The van der Waals surface area contributed by atoms with Gasteiger partial charge in [-0.25, -0.2) is 0 Å². The minimum Gasteiger partial charge on any atom is -0.330 e. The largest absolute Gasteiger partial charge is 0.330 e. The molecule has 156 valence electrons. The molecule has 1 heterocycles. The molecule has 0 saturated carbocycles. The Hall–Kier alpha value is -3.16. The molecule has 0 unspecified atom stereocenters. The third-order valence-electron chi connectivity index (χ3n) is 6.22. The highest BCUT2D eigenvalue weighted by molar-refractivity contribution is 6.15. The Morgan fingerprint density at radius 2 is 1.87 bits per heavy atom. The van der Waals surface area contributed by atoms with Crippen LogP contribution in [0.15, 0.2) is 52.7 Å². The van der Waals surface area contributed by atoms with Crippen molar-refractivity contribution in [1.29, 1.82) is 0 Å². The predicted octanol–water partition coefficient (Wildman–Crippen LogP) is 5.66. The molecule has 2 aromatic rings. The highest BCUT2D eigenvalue weighted by atomic mass is 16.2. The lowest BCUT2D eigenvalue weighted by atomic mass is 9.91. The van der Waals surface area contributed by atoms with Gasteiger partial charge in [-0.3, -0.25) is 9.79 Å². The van der Waals surface area contributed by atoms with Crippen molar-refractivity contribution in [2.45, 2.75) is 46.7 Å². The average molecular weight is 409 g/mol. The van der Waals surface area contributed by atoms with E-state index >= 15 is 0 Å². The van der Waals surface area contributed by atoms with Gasteiger partial charge in [0, 0.05) is 43.3 Å². The second kappa shape index (κ2) is 8.53. The van der Waals surface area contributed by atoms with Gasteiger partial charge < -0.3 is 4.90 Å². The SMILES string of the molecule is [CH]=C=C(CC)C(=NC)c1cc(C(=O)N2Cc3ccc(CC)cc3C2)c(C2=C[CH]2)cc1C. The molecule has 0 bridgehead atoms. The second-order valence-electron chi connectivity index (χ2n) is 8.17. The summed E-state index contributed by atoms with van der Waals surface area (Å²) >= 11 is 0. The second-order valence-corrected chi connectivity index (χ2v) is 8.17. The number of benzene rings is 2. The summed E-state index contributed by atoms with van der Waals surface area (Å²) in [7, 11) is 1.76. The van der Waals surface area contributed by atoms with Crippen LogP contribution in [0.5, 0.6) is 0 Å². The van der Waals surface area contributed by atoms with Gasteiger partial charge in [0.05, 0.1) is 5.71 Å². The zero-order valence-electron chi connectivity index (χ0n) is 18.7. The van der Waals surface area contributed by atoms with Crippen molar-refractivity contribution >= 4 is 17.2 Å². The lowest BCUT2D eigenvalue weighted by Gasteiger charge is -2.20. The fourth-order valence-electron chi connectivity index (χ4n) is 4.34. The Morgan fingerprint density at radius 3 is 2.48 bits per heavy atom. The van der Waals surface area contributed by atoms with Gasteiger partial charge in [0.2, 0.25) is 0 Å². The summed E-state index contributed by atoms with van der Waals surface area (Å²) in [6, 6.07) is 10.7. The first kappa shape index (κ1) is 21.1. The van der Waals surface area contributed by atoms with Crippen LogP contribution in [0, 0.1) is 19.9 Å². The zero-order valence-corrected chi connectivity index (χ0v) is 18.7. The summed E-state index contributed by atoms with van der Waals surface area (Å²) in [5.74, 6) is 0.0564. The lowest BCUT2D eigenvalue weighted by molar-refractivity contribution is 0.0751. The third-order valence-corrected chi connectivity index (χ3v) is 6.22. The molecule has 1 aliphatic heterocycles. The number of allylic oxidation sites excluding steroid dienone is 3. The summed E-state index contributed by atoms with van der Waals surface area (Å²) in [6.45, 7) is 13.3. The van der Waals surface area contributed by atoms with E-state index in [2.05, 4.69) is 61.3 Å². The zero-order chi connectivity index (χ0) is 22.1. The van der Waals surface area contributed by atoms with E-state index < -0.39 is 0 Å². The van der Waals surface area contributed by atoms with Gasteiger partial charge in [-0.1, -0.05) is 44.2 Å². The number of amides is 1. The molecule has 0 spiro atoms. The van der Waals surface area contributed by atoms with Gasteiger partial charge in [0.25, 0.3) is 5.91 Å². The Balaban J connectivity index is 1.74. The summed E-state index contributed by atoms with van der Waals surface area (Å²) in [4.78, 5) is 20.1. The van der Waals surface area contributed by atoms with Crippen LogP contribution in [0.1, 0.15) is 64.0 Å². The van der Waals surface area contributed by atoms with Crippen LogP contribution in [0.4, 0.5) is 0 Å². The van der Waals surface area contributed by atoms with Crippen molar-refractivity contribution in [3.8, 4) is 0 Å². The van der Waals surface area contributed by atoms with Crippen molar-refractivity contribution in [3.05, 3.63) is 99.7 Å². The van der Waals surface area contributed by atoms with Gasteiger partial charge in [-0.15, -0.1) is 5.73 Å². The van der Waals surface area contributed by atoms with E-state index in [1.54, 1.807) is 7.05 Å². The number of hydrogen-bond donors (Lipinski definition) is 0. The Kier molecular flexibility index (Phi) is 5.80. The molecule has 2 aliphatic rings. The van der Waals surface area contributed by atoms with Crippen LogP contribution in [-0.4, -0.2) is 23.6 Å². The Labute approximate surface area is 185 Å². The van der Waals surface area contributed by atoms with Gasteiger partial charge >= 0.3 is 0 Å². The molecule has 2 radical (unpaired) electrons. The molecule has 1 aliphatic carbocycles. The topological polar surface area (TPSA) is 32.7 Å². The van der Waals surface area contributed by atoms with Gasteiger partial charge in [0.15, 0.2) is 0 Å². The van der Waals surface area contributed by atoms with E-state index in [1.165, 1.54) is 16.7 Å². The normalized spacial score (nSPS) is 14.8. The van der Waals surface area contributed by atoms with E-state index in [4.69, 9.17) is 6.58 Å². The maximum absolute atomic E-state index is 13.7. The summed E-state index contributed by atoms with van der Waals surface area (Å²) < 4.78 is 0. The third kappa shape index (κ3) is 3.94. The highest BCUT2D eigenvalue weighted by Crippen LogP contribution is 2.36. The number of nitrogens with zero attached hydrogens (tertiary/aromatic N) is 2. The van der Waals surface area contributed by atoms with Crippen LogP contribution >= 0.6 is 0 Å². The minimum absolute atomic E-state index is 0.0564. The summed E-state index contributed by atoms with van der Waals surface area (Å²) in [6.07, 6.45) is 5.84. The Bertz CT molecular complexity index is 1180. The number of carbonyl (C=O) groups is 1. The molecule has 0 aromatic heterocycles. The number of hydrogen-bond acceptors (Lipinski definition) is 2. The molecule has 0 saturated heterocycles. The quantitative estimate of drug-likeness (QED) is 0.448. The molecule has 2 aromatic carbocycles. The van der Waals surface area contributed by atoms with Gasteiger partial charge in [-0.05, 0) is 65.8 Å². The first-order valence-electron chi connectivity index (χ1n) is 10.9. The summed E-state index contributed by atoms with van der Waals surface area (Å²) in [5, 5.41) is 0. The van der Waals surface area contributed by atoms with Crippen LogP contribution in [0.3, 0.4) is 0 Å². The predicted molar refractivity (Wildman–Crippen MR) is 127 cm³/mol. The molecular weight excluding hydrogens is 380 g/mol. The molecule has 1 amide bonds. The van der Waals surface area contributed by atoms with E-state index in [9.17, 15) is 4.79 Å². The number of rotatable bonds is 6. The van der Waals surface area contributed by atoms with E-state index in [-0.39, 0.29) is 5.91 Å². The number of carbonyl (C=O) groups excluding carboxylic acids is 1. The maximum Gasteiger partial charge on any atom is 0.255 e. The van der Waals surface area contributed by atoms with Crippen LogP contribution < -0.4 is 0 Å². The lowest BCUT2D eigenvalue weighted by Crippen LogP contribution is -2.26. The molecule has 0 atom stereocenters. The maximum atomic E-state index is 13.7. The highest BCUT2D eigenvalue weighted by Gasteiger charge is 2.29. The number of aryl methyl sites for hydroxylation is 2. The fourth-order valence-corrected chi connectivity index (χ4v) is 4.34. The van der Waals surface area contributed by atoms with Crippen molar-refractivity contribution in [3.63, 3.8) is 0 Å². The number of fused-ring (bicyclic) bond motifs is 1. The standard InChI is InChI=1S/C28H28N2O/c1-6-19-9-10-22-16-30(17-23(22)14-19)28(31)26-15-24(27(29-5)20(7-2)8-3)18(4)13-25(26)21-11-12-21/h2,9-15H,6,8,16-17H2,1,3-5H3. The molecule has 0 N–H and O–H groups in total. The fraction of sp³-hybridized carbons (Fsp3) is 0.286. The first-order valence-corrected chi connectivity index (χ1v) is 10.9. The van der Waals surface area contributed by atoms with Crippen LogP contribution in [0.25, 0.3) is 5.57 Å². The molecule has 4 rings (SSSR count). The molecule has 31 heavy (non-hydrogen) atoms.